The topological polar surface area (TPSA) is 83.1 Å². The number of hydrogen-bond acceptors (Lipinski definition) is 3. The van der Waals surface area contributed by atoms with Crippen molar-refractivity contribution >= 4 is 46.7 Å². The number of rotatable bonds is 5. The summed E-state index contributed by atoms with van der Waals surface area (Å²) >= 11 is 5.59. The van der Waals surface area contributed by atoms with Crippen molar-refractivity contribution < 1.29 is 22.8 Å². The van der Waals surface area contributed by atoms with Crippen LogP contribution in [0.1, 0.15) is 16.7 Å². The second-order valence-corrected chi connectivity index (χ2v) is 7.32. The molecule has 170 valence electrons. The SMILES string of the molecule is Cc1ccc(NC(=O)Nc2ccc(Cl)c(C(F)(F)F)c2)cc1NC(=O)C=Cc1cccnc1. The highest BCUT2D eigenvalue weighted by Gasteiger charge is 2.33. The van der Waals surface area contributed by atoms with E-state index < -0.39 is 22.8 Å². The van der Waals surface area contributed by atoms with E-state index in [9.17, 15) is 22.8 Å². The number of urea groups is 1. The minimum atomic E-state index is -4.65. The van der Waals surface area contributed by atoms with E-state index in [1.165, 1.54) is 18.2 Å². The zero-order chi connectivity index (χ0) is 24.0. The third-order valence-corrected chi connectivity index (χ3v) is 4.72. The molecule has 2 aromatic carbocycles. The maximum atomic E-state index is 13.0. The molecule has 0 radical (unpaired) electrons. The van der Waals surface area contributed by atoms with E-state index in [1.807, 2.05) is 0 Å². The summed E-state index contributed by atoms with van der Waals surface area (Å²) in [4.78, 5) is 28.5. The molecule has 0 aliphatic heterocycles. The fraction of sp³-hybridized carbons (Fsp3) is 0.0870. The number of aryl methyl sites for hydroxylation is 1. The van der Waals surface area contributed by atoms with Gasteiger partial charge in [-0.3, -0.25) is 9.78 Å². The number of carbonyl (C=O) groups is 2. The van der Waals surface area contributed by atoms with Crippen molar-refractivity contribution in [2.24, 2.45) is 0 Å². The average Bonchev–Trinajstić information content (AvgIpc) is 2.76. The summed E-state index contributed by atoms with van der Waals surface area (Å²) in [5.41, 5.74) is 1.16. The van der Waals surface area contributed by atoms with Crippen molar-refractivity contribution in [2.75, 3.05) is 16.0 Å². The minimum Gasteiger partial charge on any atom is -0.322 e. The molecule has 0 bridgehead atoms. The van der Waals surface area contributed by atoms with E-state index in [0.717, 1.165) is 23.3 Å². The second-order valence-electron chi connectivity index (χ2n) is 6.91. The molecule has 3 amide bonds. The molecular formula is C23H18ClF3N4O2. The molecule has 6 nitrogen and oxygen atoms in total. The number of halogens is 4. The lowest BCUT2D eigenvalue weighted by Crippen LogP contribution is -2.20. The van der Waals surface area contributed by atoms with Crippen LogP contribution in [0.2, 0.25) is 5.02 Å². The Morgan fingerprint density at radius 1 is 1.00 bits per heavy atom. The first-order chi connectivity index (χ1) is 15.6. The molecule has 0 atom stereocenters. The number of nitrogens with zero attached hydrogens (tertiary/aromatic N) is 1. The summed E-state index contributed by atoms with van der Waals surface area (Å²) in [5.74, 6) is -0.385. The van der Waals surface area contributed by atoms with Gasteiger partial charge in [-0.2, -0.15) is 13.2 Å². The second kappa shape index (κ2) is 10.2. The van der Waals surface area contributed by atoms with Crippen LogP contribution in [0.25, 0.3) is 6.08 Å². The van der Waals surface area contributed by atoms with Crippen LogP contribution in [0.15, 0.2) is 67.0 Å². The van der Waals surface area contributed by atoms with Gasteiger partial charge in [0.05, 0.1) is 10.6 Å². The summed E-state index contributed by atoms with van der Waals surface area (Å²) in [6, 6.07) is 10.7. The number of anilines is 3. The number of benzene rings is 2. The van der Waals surface area contributed by atoms with Gasteiger partial charge in [-0.25, -0.2) is 4.79 Å². The molecule has 1 aromatic heterocycles. The van der Waals surface area contributed by atoms with Crippen LogP contribution in [-0.2, 0) is 11.0 Å². The standard InChI is InChI=1S/C23H18ClF3N4O2/c1-14-4-6-17(12-20(14)31-21(32)9-5-15-3-2-10-28-13-15)30-22(33)29-16-7-8-19(24)18(11-16)23(25,26)27/h2-13H,1H3,(H,31,32)(H2,29,30,33). The summed E-state index contributed by atoms with van der Waals surface area (Å²) in [7, 11) is 0. The van der Waals surface area contributed by atoms with Gasteiger partial charge in [0.2, 0.25) is 5.91 Å². The Hall–Kier alpha value is -3.85. The van der Waals surface area contributed by atoms with Crippen LogP contribution in [-0.4, -0.2) is 16.9 Å². The first-order valence-corrected chi connectivity index (χ1v) is 9.94. The van der Waals surface area contributed by atoms with Crippen LogP contribution in [0, 0.1) is 6.92 Å². The molecule has 1 heterocycles. The van der Waals surface area contributed by atoms with Crippen LogP contribution >= 0.6 is 11.6 Å². The molecule has 0 aliphatic rings. The Kier molecular flexibility index (Phi) is 7.34. The molecule has 0 spiro atoms. The molecule has 0 unspecified atom stereocenters. The highest BCUT2D eigenvalue weighted by molar-refractivity contribution is 6.31. The number of alkyl halides is 3. The van der Waals surface area contributed by atoms with Gasteiger partial charge in [-0.15, -0.1) is 0 Å². The molecular weight excluding hydrogens is 457 g/mol. The van der Waals surface area contributed by atoms with Crippen molar-refractivity contribution in [2.45, 2.75) is 13.1 Å². The van der Waals surface area contributed by atoms with Crippen molar-refractivity contribution in [3.05, 3.63) is 88.7 Å². The molecule has 0 saturated heterocycles. The van der Waals surface area contributed by atoms with Gasteiger partial charge in [0, 0.05) is 35.5 Å². The van der Waals surface area contributed by atoms with Crippen LogP contribution in [0.4, 0.5) is 35.0 Å². The summed E-state index contributed by atoms with van der Waals surface area (Å²) < 4.78 is 39.0. The van der Waals surface area contributed by atoms with Gasteiger partial charge in [0.15, 0.2) is 0 Å². The normalized spacial score (nSPS) is 11.3. The monoisotopic (exact) mass is 474 g/mol. The predicted molar refractivity (Wildman–Crippen MR) is 122 cm³/mol. The Balaban J connectivity index is 1.66. The molecule has 0 saturated carbocycles. The lowest BCUT2D eigenvalue weighted by atomic mass is 10.1. The Bertz CT molecular complexity index is 1200. The van der Waals surface area contributed by atoms with Gasteiger partial charge in [-0.1, -0.05) is 23.7 Å². The van der Waals surface area contributed by atoms with Crippen LogP contribution in [0.5, 0.6) is 0 Å². The summed E-state index contributed by atoms with van der Waals surface area (Å²) in [5, 5.41) is 7.10. The number of hydrogen-bond donors (Lipinski definition) is 3. The van der Waals surface area contributed by atoms with E-state index in [-0.39, 0.29) is 11.6 Å². The highest BCUT2D eigenvalue weighted by Crippen LogP contribution is 2.36. The lowest BCUT2D eigenvalue weighted by molar-refractivity contribution is -0.137. The van der Waals surface area contributed by atoms with Crippen molar-refractivity contribution in [1.82, 2.24) is 4.98 Å². The summed E-state index contributed by atoms with van der Waals surface area (Å²) in [6.45, 7) is 1.77. The molecule has 0 fully saturated rings. The third kappa shape index (κ3) is 6.81. The maximum Gasteiger partial charge on any atom is 0.417 e. The zero-order valence-electron chi connectivity index (χ0n) is 17.2. The number of aromatic nitrogens is 1. The van der Waals surface area contributed by atoms with Crippen molar-refractivity contribution in [1.29, 1.82) is 0 Å². The average molecular weight is 475 g/mol. The molecule has 10 heteroatoms. The van der Waals surface area contributed by atoms with Gasteiger partial charge < -0.3 is 16.0 Å². The highest BCUT2D eigenvalue weighted by atomic mass is 35.5. The molecule has 3 N–H and O–H groups in total. The van der Waals surface area contributed by atoms with Gasteiger partial charge in [-0.05, 0) is 60.5 Å². The number of amides is 3. The molecule has 3 aromatic rings. The van der Waals surface area contributed by atoms with Crippen LogP contribution in [0.3, 0.4) is 0 Å². The lowest BCUT2D eigenvalue weighted by Gasteiger charge is -2.13. The fourth-order valence-corrected chi connectivity index (χ4v) is 2.99. The first-order valence-electron chi connectivity index (χ1n) is 9.56. The number of pyridine rings is 1. The van der Waals surface area contributed by atoms with E-state index in [4.69, 9.17) is 11.6 Å². The number of nitrogens with one attached hydrogen (secondary N) is 3. The predicted octanol–water partition coefficient (Wildman–Crippen LogP) is 6.36. The van der Waals surface area contributed by atoms with Gasteiger partial charge in [0.25, 0.3) is 0 Å². The van der Waals surface area contributed by atoms with E-state index in [2.05, 4.69) is 20.9 Å². The molecule has 3 rings (SSSR count). The minimum absolute atomic E-state index is 0.0783. The van der Waals surface area contributed by atoms with Crippen molar-refractivity contribution in [3.8, 4) is 0 Å². The first kappa shape index (κ1) is 23.8. The van der Waals surface area contributed by atoms with Crippen LogP contribution < -0.4 is 16.0 Å². The third-order valence-electron chi connectivity index (χ3n) is 4.39. The van der Waals surface area contributed by atoms with E-state index >= 15 is 0 Å². The smallest absolute Gasteiger partial charge is 0.322 e. The largest absolute Gasteiger partial charge is 0.417 e. The zero-order valence-corrected chi connectivity index (χ0v) is 18.0. The van der Waals surface area contributed by atoms with E-state index in [0.29, 0.717) is 11.4 Å². The fourth-order valence-electron chi connectivity index (χ4n) is 2.77. The number of carbonyl (C=O) groups excluding carboxylic acids is 2. The van der Waals surface area contributed by atoms with Gasteiger partial charge in [0.1, 0.15) is 0 Å². The Morgan fingerprint density at radius 3 is 2.36 bits per heavy atom. The quantitative estimate of drug-likeness (QED) is 0.376. The summed E-state index contributed by atoms with van der Waals surface area (Å²) in [6.07, 6.45) is 1.53. The Labute approximate surface area is 192 Å². The Morgan fingerprint density at radius 2 is 1.70 bits per heavy atom. The maximum absolute atomic E-state index is 13.0. The molecule has 0 aliphatic carbocycles. The molecule has 33 heavy (non-hydrogen) atoms. The van der Waals surface area contributed by atoms with Gasteiger partial charge >= 0.3 is 12.2 Å². The van der Waals surface area contributed by atoms with E-state index in [1.54, 1.807) is 49.7 Å². The van der Waals surface area contributed by atoms with Crippen molar-refractivity contribution in [3.63, 3.8) is 0 Å².